The molecule has 9 heteroatoms. The quantitative estimate of drug-likeness (QED) is 0.306. The molecule has 4 aromatic rings. The molecule has 5 rings (SSSR count). The van der Waals surface area contributed by atoms with Gasteiger partial charge in [-0.05, 0) is 61.4 Å². The van der Waals surface area contributed by atoms with Gasteiger partial charge in [-0.25, -0.2) is 4.68 Å². The molecule has 2 N–H and O–H groups in total. The smallest absolute Gasteiger partial charge is 0.255 e. The van der Waals surface area contributed by atoms with Gasteiger partial charge in [-0.15, -0.1) is 0 Å². The maximum Gasteiger partial charge on any atom is 0.255 e. The molecule has 1 aliphatic rings. The van der Waals surface area contributed by atoms with Crippen molar-refractivity contribution >= 4 is 29.1 Å². The van der Waals surface area contributed by atoms with Crippen molar-refractivity contribution in [3.8, 4) is 11.5 Å². The summed E-state index contributed by atoms with van der Waals surface area (Å²) in [5.41, 5.74) is 3.73. The van der Waals surface area contributed by atoms with E-state index in [0.29, 0.717) is 52.6 Å². The Morgan fingerprint density at radius 1 is 1.05 bits per heavy atom. The van der Waals surface area contributed by atoms with Crippen molar-refractivity contribution in [1.82, 2.24) is 14.8 Å². The molecule has 2 heterocycles. The molecule has 0 radical (unpaired) electrons. The van der Waals surface area contributed by atoms with Crippen LogP contribution >= 0.6 is 11.6 Å². The van der Waals surface area contributed by atoms with Gasteiger partial charge in [-0.3, -0.25) is 4.79 Å². The molecule has 188 valence electrons. The van der Waals surface area contributed by atoms with E-state index in [2.05, 4.69) is 20.7 Å². The van der Waals surface area contributed by atoms with Crippen LogP contribution < -0.4 is 20.1 Å². The van der Waals surface area contributed by atoms with Crippen molar-refractivity contribution in [2.45, 2.75) is 26.5 Å². The second-order valence-corrected chi connectivity index (χ2v) is 8.91. The number of para-hydroxylation sites is 1. The zero-order chi connectivity index (χ0) is 25.8. The Bertz CT molecular complexity index is 1430. The van der Waals surface area contributed by atoms with Crippen molar-refractivity contribution in [3.05, 3.63) is 107 Å². The van der Waals surface area contributed by atoms with E-state index in [1.165, 1.54) is 6.33 Å². The summed E-state index contributed by atoms with van der Waals surface area (Å²) >= 11 is 5.99. The number of hydrogen-bond acceptors (Lipinski definition) is 6. The summed E-state index contributed by atoms with van der Waals surface area (Å²) in [6.07, 6.45) is 1.47. The lowest BCUT2D eigenvalue weighted by Crippen LogP contribution is -2.31. The molecule has 0 aliphatic carbocycles. The van der Waals surface area contributed by atoms with Crippen molar-refractivity contribution in [3.63, 3.8) is 0 Å². The largest absolute Gasteiger partial charge is 0.490 e. The molecule has 1 amide bonds. The third-order valence-electron chi connectivity index (χ3n) is 5.96. The molecular weight excluding hydrogens is 490 g/mol. The fourth-order valence-corrected chi connectivity index (χ4v) is 4.36. The fourth-order valence-electron chi connectivity index (χ4n) is 4.24. The van der Waals surface area contributed by atoms with E-state index in [4.69, 9.17) is 21.1 Å². The van der Waals surface area contributed by atoms with Crippen molar-refractivity contribution in [2.75, 3.05) is 17.2 Å². The molecule has 1 aliphatic heterocycles. The second-order valence-electron chi connectivity index (χ2n) is 8.47. The number of rotatable bonds is 8. The van der Waals surface area contributed by atoms with Crippen LogP contribution in [0.25, 0.3) is 0 Å². The van der Waals surface area contributed by atoms with E-state index in [-0.39, 0.29) is 5.91 Å². The first kappa shape index (κ1) is 24.4. The minimum atomic E-state index is -0.521. The van der Waals surface area contributed by atoms with Gasteiger partial charge in [0.05, 0.1) is 12.2 Å². The highest BCUT2D eigenvalue weighted by atomic mass is 35.5. The van der Waals surface area contributed by atoms with E-state index in [1.807, 2.05) is 86.6 Å². The molecule has 0 saturated heterocycles. The SMILES string of the molecule is CCOc1cc(C2C(C(=O)Nc3ccccc3)=C(C)Nc3ncnn32)ccc1OCc1ccc(Cl)cc1. The molecule has 1 unspecified atom stereocenters. The number of anilines is 2. The Kier molecular flexibility index (Phi) is 7.09. The molecule has 0 spiro atoms. The number of nitrogens with zero attached hydrogens (tertiary/aromatic N) is 3. The van der Waals surface area contributed by atoms with Gasteiger partial charge < -0.3 is 20.1 Å². The zero-order valence-corrected chi connectivity index (χ0v) is 21.2. The lowest BCUT2D eigenvalue weighted by molar-refractivity contribution is -0.113. The van der Waals surface area contributed by atoms with Gasteiger partial charge in [-0.2, -0.15) is 10.1 Å². The van der Waals surface area contributed by atoms with Crippen LogP contribution in [0.1, 0.15) is 31.0 Å². The number of amides is 1. The molecule has 0 saturated carbocycles. The number of ether oxygens (including phenoxy) is 2. The van der Waals surface area contributed by atoms with Crippen molar-refractivity contribution in [1.29, 1.82) is 0 Å². The van der Waals surface area contributed by atoms with Crippen LogP contribution in [-0.2, 0) is 11.4 Å². The van der Waals surface area contributed by atoms with Crippen molar-refractivity contribution < 1.29 is 14.3 Å². The van der Waals surface area contributed by atoms with Crippen LogP contribution in [0.3, 0.4) is 0 Å². The third kappa shape index (κ3) is 5.29. The summed E-state index contributed by atoms with van der Waals surface area (Å²) in [6.45, 7) is 4.59. The molecular formula is C28H26ClN5O3. The Morgan fingerprint density at radius 3 is 2.59 bits per heavy atom. The number of carbonyl (C=O) groups excluding carboxylic acids is 1. The Morgan fingerprint density at radius 2 is 1.84 bits per heavy atom. The summed E-state index contributed by atoms with van der Waals surface area (Å²) in [7, 11) is 0. The van der Waals surface area contributed by atoms with Gasteiger partial charge >= 0.3 is 0 Å². The van der Waals surface area contributed by atoms with E-state index < -0.39 is 6.04 Å². The number of hydrogen-bond donors (Lipinski definition) is 2. The number of carbonyl (C=O) groups is 1. The second kappa shape index (κ2) is 10.8. The lowest BCUT2D eigenvalue weighted by atomic mass is 9.94. The topological polar surface area (TPSA) is 90.3 Å². The van der Waals surface area contributed by atoms with Crippen LogP contribution in [0, 0.1) is 0 Å². The maximum atomic E-state index is 13.5. The highest BCUT2D eigenvalue weighted by Gasteiger charge is 2.34. The Balaban J connectivity index is 1.48. The van der Waals surface area contributed by atoms with Gasteiger partial charge in [0.15, 0.2) is 11.5 Å². The molecule has 1 aromatic heterocycles. The van der Waals surface area contributed by atoms with Gasteiger partial charge in [0.2, 0.25) is 5.95 Å². The number of fused-ring (bicyclic) bond motifs is 1. The first-order chi connectivity index (χ1) is 18.0. The summed E-state index contributed by atoms with van der Waals surface area (Å²) < 4.78 is 13.7. The molecule has 8 nitrogen and oxygen atoms in total. The average molecular weight is 516 g/mol. The normalized spacial score (nSPS) is 14.5. The minimum absolute atomic E-state index is 0.233. The molecule has 0 fully saturated rings. The van der Waals surface area contributed by atoms with Gasteiger partial charge in [0, 0.05) is 16.4 Å². The van der Waals surface area contributed by atoms with Gasteiger partial charge in [0.1, 0.15) is 19.0 Å². The minimum Gasteiger partial charge on any atom is -0.490 e. The molecule has 1 atom stereocenters. The summed E-state index contributed by atoms with van der Waals surface area (Å²) in [5, 5.41) is 11.3. The Hall–Kier alpha value is -4.30. The number of aromatic nitrogens is 3. The summed E-state index contributed by atoms with van der Waals surface area (Å²) in [5.74, 6) is 1.50. The standard InChI is InChI=1S/C28H26ClN5O3/c1-3-36-24-15-20(11-14-23(24)37-16-19-9-12-21(29)13-10-19)26-25(18(2)32-28-30-17-31-34(26)28)27(35)33-22-7-5-4-6-8-22/h4-15,17,26H,3,16H2,1-2H3,(H,33,35)(H,30,31,32). The highest BCUT2D eigenvalue weighted by molar-refractivity contribution is 6.30. The van der Waals surface area contributed by atoms with Gasteiger partial charge in [-0.1, -0.05) is 48.0 Å². The van der Waals surface area contributed by atoms with Crippen LogP contribution in [0.15, 0.2) is 90.4 Å². The maximum absolute atomic E-state index is 13.5. The summed E-state index contributed by atoms with van der Waals surface area (Å²) in [4.78, 5) is 17.8. The number of benzene rings is 3. The number of nitrogens with one attached hydrogen (secondary N) is 2. The average Bonchev–Trinajstić information content (AvgIpc) is 3.37. The van der Waals surface area contributed by atoms with E-state index in [1.54, 1.807) is 4.68 Å². The molecule has 0 bridgehead atoms. The van der Waals surface area contributed by atoms with Crippen LogP contribution in [0.5, 0.6) is 11.5 Å². The highest BCUT2D eigenvalue weighted by Crippen LogP contribution is 2.39. The fraction of sp³-hybridized carbons (Fsp3) is 0.179. The third-order valence-corrected chi connectivity index (χ3v) is 6.21. The molecule has 3 aromatic carbocycles. The van der Waals surface area contributed by atoms with Gasteiger partial charge in [0.25, 0.3) is 5.91 Å². The zero-order valence-electron chi connectivity index (χ0n) is 20.4. The molecule has 37 heavy (non-hydrogen) atoms. The monoisotopic (exact) mass is 515 g/mol. The van der Waals surface area contributed by atoms with Crippen LogP contribution in [0.4, 0.5) is 11.6 Å². The predicted molar refractivity (Wildman–Crippen MR) is 143 cm³/mol. The van der Waals surface area contributed by atoms with Crippen molar-refractivity contribution in [2.24, 2.45) is 0 Å². The van der Waals surface area contributed by atoms with Crippen LogP contribution in [0.2, 0.25) is 5.02 Å². The van der Waals surface area contributed by atoms with E-state index in [9.17, 15) is 4.79 Å². The predicted octanol–water partition coefficient (Wildman–Crippen LogP) is 5.84. The van der Waals surface area contributed by atoms with E-state index in [0.717, 1.165) is 11.1 Å². The van der Waals surface area contributed by atoms with E-state index >= 15 is 0 Å². The Labute approximate surface area is 219 Å². The first-order valence-electron chi connectivity index (χ1n) is 11.9. The summed E-state index contributed by atoms with van der Waals surface area (Å²) in [6, 6.07) is 22.0. The van der Waals surface area contributed by atoms with Crippen LogP contribution in [-0.4, -0.2) is 27.3 Å². The number of halogens is 1. The lowest BCUT2D eigenvalue weighted by Gasteiger charge is -2.29. The first-order valence-corrected chi connectivity index (χ1v) is 12.3. The number of allylic oxidation sites excluding steroid dienone is 1.